The van der Waals surface area contributed by atoms with Crippen LogP contribution in [0.5, 0.6) is 0 Å². The molecule has 1 aliphatic heterocycles. The highest BCUT2D eigenvalue weighted by atomic mass is 16.5. The number of hydrogen-bond acceptors (Lipinski definition) is 7. The summed E-state index contributed by atoms with van der Waals surface area (Å²) in [6.45, 7) is 2.58. The molecule has 2 N–H and O–H groups in total. The van der Waals surface area contributed by atoms with Gasteiger partial charge in [0.1, 0.15) is 6.04 Å². The van der Waals surface area contributed by atoms with Crippen LogP contribution in [0.2, 0.25) is 0 Å². The quantitative estimate of drug-likeness (QED) is 0.757. The van der Waals surface area contributed by atoms with Gasteiger partial charge in [-0.25, -0.2) is 9.97 Å². The van der Waals surface area contributed by atoms with Gasteiger partial charge in [0.25, 0.3) is 5.91 Å². The van der Waals surface area contributed by atoms with Crippen molar-refractivity contribution in [3.05, 3.63) is 53.8 Å². The number of benzene rings is 1. The summed E-state index contributed by atoms with van der Waals surface area (Å²) < 4.78 is 5.38. The highest BCUT2D eigenvalue weighted by molar-refractivity contribution is 6.00. The molecule has 1 amide bonds. The Balaban J connectivity index is 1.70. The first kappa shape index (κ1) is 17.1. The number of nitrogens with zero attached hydrogens (tertiary/aromatic N) is 5. The molecule has 0 aliphatic carbocycles. The van der Waals surface area contributed by atoms with Crippen LogP contribution < -0.4 is 5.73 Å². The van der Waals surface area contributed by atoms with Crippen molar-refractivity contribution in [1.82, 2.24) is 25.0 Å². The summed E-state index contributed by atoms with van der Waals surface area (Å²) in [6, 6.07) is 9.26. The number of likely N-dealkylation sites (tertiary alicyclic amines) is 1. The van der Waals surface area contributed by atoms with Crippen LogP contribution in [0.3, 0.4) is 0 Å². The van der Waals surface area contributed by atoms with Gasteiger partial charge in [-0.15, -0.1) is 0 Å². The lowest BCUT2D eigenvalue weighted by Gasteiger charge is -2.22. The maximum Gasteiger partial charge on any atom is 0.258 e. The lowest BCUT2D eigenvalue weighted by molar-refractivity contribution is 0.0710. The minimum atomic E-state index is -0.230. The van der Waals surface area contributed by atoms with Crippen LogP contribution in [0.15, 0.2) is 41.1 Å². The normalized spacial score (nSPS) is 16.6. The van der Waals surface area contributed by atoms with Crippen LogP contribution >= 0.6 is 0 Å². The van der Waals surface area contributed by atoms with E-state index < -0.39 is 0 Å². The van der Waals surface area contributed by atoms with Crippen molar-refractivity contribution in [3.8, 4) is 11.3 Å². The number of nitrogens with two attached hydrogens (primary N) is 1. The fourth-order valence-electron chi connectivity index (χ4n) is 3.34. The molecule has 0 radical (unpaired) electrons. The van der Waals surface area contributed by atoms with Crippen molar-refractivity contribution < 1.29 is 9.32 Å². The van der Waals surface area contributed by atoms with Crippen LogP contribution in [0.25, 0.3) is 11.3 Å². The van der Waals surface area contributed by atoms with E-state index in [2.05, 4.69) is 20.1 Å². The van der Waals surface area contributed by atoms with E-state index in [-0.39, 0.29) is 17.9 Å². The minimum absolute atomic E-state index is 0.132. The summed E-state index contributed by atoms with van der Waals surface area (Å²) in [5, 5.41) is 3.96. The molecule has 0 spiro atoms. The molecule has 3 aromatic rings. The first-order valence-corrected chi connectivity index (χ1v) is 8.98. The molecule has 1 aromatic carbocycles. The Morgan fingerprint density at radius 2 is 2.11 bits per heavy atom. The van der Waals surface area contributed by atoms with E-state index in [1.54, 1.807) is 4.90 Å². The number of carbonyl (C=O) groups excluding carboxylic acids is 1. The van der Waals surface area contributed by atoms with Gasteiger partial charge >= 0.3 is 0 Å². The zero-order valence-electron chi connectivity index (χ0n) is 15.0. The highest BCUT2D eigenvalue weighted by Gasteiger charge is 2.35. The van der Waals surface area contributed by atoms with Crippen molar-refractivity contribution in [2.75, 3.05) is 12.3 Å². The molecule has 1 atom stereocenters. The molecule has 3 heterocycles. The standard InChI is InChI=1S/C19H20N6O2/c1-2-15-22-17(27-24-15)14-9-6-10-25(14)18(26)13-11-21-19(20)23-16(13)12-7-4-3-5-8-12/h3-5,7-8,11,14H,2,6,9-10H2,1H3,(H2,20,21,23)/t14-/m0/s1. The average Bonchev–Trinajstić information content (AvgIpc) is 3.37. The number of anilines is 1. The molecule has 0 saturated carbocycles. The molecule has 8 nitrogen and oxygen atoms in total. The SMILES string of the molecule is CCc1noc([C@@H]2CCCN2C(=O)c2cnc(N)nc2-c2ccccc2)n1. The van der Waals surface area contributed by atoms with Gasteiger partial charge in [0.05, 0.1) is 11.3 Å². The predicted molar refractivity (Wildman–Crippen MR) is 98.6 cm³/mol. The van der Waals surface area contributed by atoms with Crippen LogP contribution in [0.4, 0.5) is 5.95 Å². The molecule has 8 heteroatoms. The molecule has 1 aliphatic rings. The fourth-order valence-corrected chi connectivity index (χ4v) is 3.34. The predicted octanol–water partition coefficient (Wildman–Crippen LogP) is 2.65. The minimum Gasteiger partial charge on any atom is -0.368 e. The number of aromatic nitrogens is 4. The van der Waals surface area contributed by atoms with E-state index in [4.69, 9.17) is 10.3 Å². The lowest BCUT2D eigenvalue weighted by atomic mass is 10.1. The van der Waals surface area contributed by atoms with Crippen molar-refractivity contribution in [2.24, 2.45) is 0 Å². The second-order valence-corrected chi connectivity index (χ2v) is 6.42. The second kappa shape index (κ2) is 7.14. The Hall–Kier alpha value is -3.29. The third kappa shape index (κ3) is 3.25. The Labute approximate surface area is 156 Å². The lowest BCUT2D eigenvalue weighted by Crippen LogP contribution is -2.31. The molecular weight excluding hydrogens is 344 g/mol. The molecule has 0 bridgehead atoms. The highest BCUT2D eigenvalue weighted by Crippen LogP contribution is 2.33. The topological polar surface area (TPSA) is 111 Å². The van der Waals surface area contributed by atoms with Gasteiger partial charge in [-0.2, -0.15) is 4.98 Å². The van der Waals surface area contributed by atoms with E-state index in [1.807, 2.05) is 37.3 Å². The zero-order chi connectivity index (χ0) is 18.8. The van der Waals surface area contributed by atoms with E-state index >= 15 is 0 Å². The van der Waals surface area contributed by atoms with Crippen LogP contribution in [0.1, 0.15) is 47.9 Å². The van der Waals surface area contributed by atoms with E-state index in [0.717, 1.165) is 18.4 Å². The number of carbonyl (C=O) groups is 1. The third-order valence-corrected chi connectivity index (χ3v) is 4.68. The number of amides is 1. The van der Waals surface area contributed by atoms with Gasteiger partial charge in [-0.3, -0.25) is 4.79 Å². The molecular formula is C19H20N6O2. The van der Waals surface area contributed by atoms with Gasteiger partial charge in [-0.05, 0) is 12.8 Å². The fraction of sp³-hybridized carbons (Fsp3) is 0.316. The summed E-state index contributed by atoms with van der Waals surface area (Å²) >= 11 is 0. The molecule has 27 heavy (non-hydrogen) atoms. The summed E-state index contributed by atoms with van der Waals surface area (Å²) in [5.41, 5.74) is 7.53. The van der Waals surface area contributed by atoms with Gasteiger partial charge in [0, 0.05) is 24.7 Å². The van der Waals surface area contributed by atoms with Crippen molar-refractivity contribution in [2.45, 2.75) is 32.2 Å². The Morgan fingerprint density at radius 1 is 1.30 bits per heavy atom. The number of hydrogen-bond donors (Lipinski definition) is 1. The van der Waals surface area contributed by atoms with Gasteiger partial charge < -0.3 is 15.2 Å². The Bertz CT molecular complexity index is 956. The molecule has 138 valence electrons. The number of nitrogen functional groups attached to an aromatic ring is 1. The first-order chi connectivity index (χ1) is 13.2. The Morgan fingerprint density at radius 3 is 2.85 bits per heavy atom. The zero-order valence-corrected chi connectivity index (χ0v) is 15.0. The molecule has 1 saturated heterocycles. The first-order valence-electron chi connectivity index (χ1n) is 8.98. The summed E-state index contributed by atoms with van der Waals surface area (Å²) in [5.74, 6) is 1.10. The number of rotatable bonds is 4. The van der Waals surface area contributed by atoms with E-state index in [0.29, 0.717) is 35.9 Å². The Kier molecular flexibility index (Phi) is 4.53. The summed E-state index contributed by atoms with van der Waals surface area (Å²) in [6.07, 6.45) is 3.84. The van der Waals surface area contributed by atoms with Crippen molar-refractivity contribution >= 4 is 11.9 Å². The van der Waals surface area contributed by atoms with E-state index in [9.17, 15) is 4.79 Å². The molecule has 1 fully saturated rings. The largest absolute Gasteiger partial charge is 0.368 e. The van der Waals surface area contributed by atoms with Crippen LogP contribution in [-0.4, -0.2) is 37.5 Å². The molecule has 2 aromatic heterocycles. The average molecular weight is 364 g/mol. The van der Waals surface area contributed by atoms with Crippen molar-refractivity contribution in [1.29, 1.82) is 0 Å². The maximum absolute atomic E-state index is 13.3. The second-order valence-electron chi connectivity index (χ2n) is 6.42. The van der Waals surface area contributed by atoms with Crippen molar-refractivity contribution in [3.63, 3.8) is 0 Å². The van der Waals surface area contributed by atoms with Crippen LogP contribution in [-0.2, 0) is 6.42 Å². The van der Waals surface area contributed by atoms with Crippen LogP contribution in [0, 0.1) is 0 Å². The molecule has 0 unspecified atom stereocenters. The molecule has 4 rings (SSSR count). The number of aryl methyl sites for hydroxylation is 1. The van der Waals surface area contributed by atoms with Gasteiger partial charge in [0.15, 0.2) is 5.82 Å². The van der Waals surface area contributed by atoms with Gasteiger partial charge in [-0.1, -0.05) is 42.4 Å². The summed E-state index contributed by atoms with van der Waals surface area (Å²) in [4.78, 5) is 27.9. The third-order valence-electron chi connectivity index (χ3n) is 4.68. The van der Waals surface area contributed by atoms with E-state index in [1.165, 1.54) is 6.20 Å². The monoisotopic (exact) mass is 364 g/mol. The maximum atomic E-state index is 13.3. The van der Waals surface area contributed by atoms with Gasteiger partial charge in [0.2, 0.25) is 11.8 Å². The summed E-state index contributed by atoms with van der Waals surface area (Å²) in [7, 11) is 0. The smallest absolute Gasteiger partial charge is 0.258 e.